The molecule has 0 saturated heterocycles. The number of carbonyl (C=O) groups is 2. The Kier molecular flexibility index (Phi) is 4.02. The number of ether oxygens (including phenoxy) is 1. The van der Waals surface area contributed by atoms with Crippen molar-refractivity contribution in [3.63, 3.8) is 0 Å². The van der Waals surface area contributed by atoms with Crippen molar-refractivity contribution in [3.8, 4) is 5.75 Å². The number of halogens is 2. The van der Waals surface area contributed by atoms with E-state index in [4.69, 9.17) is 9.84 Å². The van der Waals surface area contributed by atoms with Gasteiger partial charge in [-0.15, -0.1) is 0 Å². The summed E-state index contributed by atoms with van der Waals surface area (Å²) in [6, 6.07) is 1.75. The van der Waals surface area contributed by atoms with Crippen LogP contribution in [0.2, 0.25) is 0 Å². The SMILES string of the molecule is O=C(O)NCC(=O)N1CCCOc2cc(F)c(F)cc21. The highest BCUT2D eigenvalue weighted by Crippen LogP contribution is 2.33. The Balaban J connectivity index is 2.29. The predicted molar refractivity (Wildman–Crippen MR) is 64.9 cm³/mol. The third-order valence-corrected chi connectivity index (χ3v) is 2.77. The second-order valence-electron chi connectivity index (χ2n) is 4.14. The molecule has 2 amide bonds. The lowest BCUT2D eigenvalue weighted by atomic mass is 10.2. The molecule has 1 heterocycles. The molecule has 0 aromatic heterocycles. The molecule has 0 saturated carbocycles. The lowest BCUT2D eigenvalue weighted by molar-refractivity contribution is -0.117. The summed E-state index contributed by atoms with van der Waals surface area (Å²) >= 11 is 0. The number of carboxylic acid groups (broad SMARTS) is 1. The summed E-state index contributed by atoms with van der Waals surface area (Å²) in [6.45, 7) is 0.0419. The van der Waals surface area contributed by atoms with E-state index in [1.165, 1.54) is 4.90 Å². The van der Waals surface area contributed by atoms with Crippen molar-refractivity contribution < 1.29 is 28.2 Å². The summed E-state index contributed by atoms with van der Waals surface area (Å²) in [6.07, 6.45) is -0.869. The number of amides is 2. The van der Waals surface area contributed by atoms with Crippen molar-refractivity contribution in [1.29, 1.82) is 0 Å². The van der Waals surface area contributed by atoms with Crippen LogP contribution in [0.4, 0.5) is 19.3 Å². The molecule has 0 unspecified atom stereocenters. The molecule has 0 spiro atoms. The lowest BCUT2D eigenvalue weighted by Crippen LogP contribution is -2.40. The standard InChI is InChI=1S/C12H12F2N2O4/c13-7-4-9-10(5-8(7)14)20-3-1-2-16(9)11(17)6-15-12(18)19/h4-5,15H,1-3,6H2,(H,18,19). The number of anilines is 1. The van der Waals surface area contributed by atoms with Crippen molar-refractivity contribution in [2.45, 2.75) is 6.42 Å². The molecule has 0 fully saturated rings. The maximum absolute atomic E-state index is 13.3. The molecule has 1 aliphatic rings. The number of nitrogens with one attached hydrogen (secondary N) is 1. The van der Waals surface area contributed by atoms with E-state index >= 15 is 0 Å². The van der Waals surface area contributed by atoms with E-state index in [0.29, 0.717) is 6.42 Å². The Bertz CT molecular complexity index is 551. The van der Waals surface area contributed by atoms with Gasteiger partial charge in [-0.1, -0.05) is 0 Å². The highest BCUT2D eigenvalue weighted by Gasteiger charge is 2.24. The van der Waals surface area contributed by atoms with Gasteiger partial charge in [0.15, 0.2) is 11.6 Å². The van der Waals surface area contributed by atoms with Gasteiger partial charge in [0.2, 0.25) is 5.91 Å². The van der Waals surface area contributed by atoms with Crippen LogP contribution >= 0.6 is 0 Å². The van der Waals surface area contributed by atoms with E-state index in [9.17, 15) is 18.4 Å². The fraction of sp³-hybridized carbons (Fsp3) is 0.333. The summed E-state index contributed by atoms with van der Waals surface area (Å²) in [4.78, 5) is 23.5. The van der Waals surface area contributed by atoms with Crippen molar-refractivity contribution in [2.24, 2.45) is 0 Å². The summed E-state index contributed by atoms with van der Waals surface area (Å²) in [5.74, 6) is -2.67. The van der Waals surface area contributed by atoms with E-state index in [1.54, 1.807) is 0 Å². The molecule has 2 rings (SSSR count). The van der Waals surface area contributed by atoms with E-state index in [-0.39, 0.29) is 24.6 Å². The van der Waals surface area contributed by atoms with Gasteiger partial charge in [-0.3, -0.25) is 4.79 Å². The largest absolute Gasteiger partial charge is 0.491 e. The van der Waals surface area contributed by atoms with Crippen LogP contribution < -0.4 is 15.0 Å². The normalized spacial score (nSPS) is 14.0. The van der Waals surface area contributed by atoms with Crippen LogP contribution in [0.5, 0.6) is 5.75 Å². The first kappa shape index (κ1) is 14.0. The van der Waals surface area contributed by atoms with Gasteiger partial charge in [0.05, 0.1) is 12.3 Å². The van der Waals surface area contributed by atoms with Crippen LogP contribution in [0, 0.1) is 11.6 Å². The summed E-state index contributed by atoms with van der Waals surface area (Å²) < 4.78 is 31.7. The van der Waals surface area contributed by atoms with Crippen LogP contribution in [0.3, 0.4) is 0 Å². The van der Waals surface area contributed by atoms with Crippen LogP contribution in [0.1, 0.15) is 6.42 Å². The predicted octanol–water partition coefficient (Wildman–Crippen LogP) is 1.35. The molecule has 0 radical (unpaired) electrons. The first-order chi connectivity index (χ1) is 9.49. The average molecular weight is 286 g/mol. The first-order valence-electron chi connectivity index (χ1n) is 5.88. The van der Waals surface area contributed by atoms with E-state index in [0.717, 1.165) is 12.1 Å². The molecule has 1 aliphatic heterocycles. The minimum atomic E-state index is -1.34. The fourth-order valence-corrected chi connectivity index (χ4v) is 1.88. The Morgan fingerprint density at radius 3 is 2.75 bits per heavy atom. The maximum atomic E-state index is 13.3. The molecule has 108 valence electrons. The monoisotopic (exact) mass is 286 g/mol. The second kappa shape index (κ2) is 5.72. The Morgan fingerprint density at radius 2 is 2.05 bits per heavy atom. The molecular formula is C12H12F2N2O4. The van der Waals surface area contributed by atoms with Crippen molar-refractivity contribution in [1.82, 2.24) is 5.32 Å². The van der Waals surface area contributed by atoms with Gasteiger partial charge in [0.25, 0.3) is 0 Å². The number of carbonyl (C=O) groups excluding carboxylic acids is 1. The van der Waals surface area contributed by atoms with Gasteiger partial charge in [0, 0.05) is 18.7 Å². The first-order valence-corrected chi connectivity index (χ1v) is 5.88. The van der Waals surface area contributed by atoms with Crippen LogP contribution in [-0.2, 0) is 4.79 Å². The molecule has 0 bridgehead atoms. The van der Waals surface area contributed by atoms with E-state index < -0.39 is 30.2 Å². The van der Waals surface area contributed by atoms with Crippen LogP contribution in [0.15, 0.2) is 12.1 Å². The number of hydrogen-bond acceptors (Lipinski definition) is 3. The Hall–Kier alpha value is -2.38. The highest BCUT2D eigenvalue weighted by molar-refractivity contribution is 5.97. The zero-order valence-corrected chi connectivity index (χ0v) is 10.4. The molecule has 8 heteroatoms. The van der Waals surface area contributed by atoms with E-state index in [1.807, 2.05) is 5.32 Å². The zero-order valence-electron chi connectivity index (χ0n) is 10.4. The summed E-state index contributed by atoms with van der Waals surface area (Å²) in [7, 11) is 0. The second-order valence-corrected chi connectivity index (χ2v) is 4.14. The molecule has 20 heavy (non-hydrogen) atoms. The molecular weight excluding hydrogens is 274 g/mol. The third kappa shape index (κ3) is 2.95. The third-order valence-electron chi connectivity index (χ3n) is 2.77. The van der Waals surface area contributed by atoms with Crippen LogP contribution in [-0.4, -0.2) is 36.8 Å². The fourth-order valence-electron chi connectivity index (χ4n) is 1.88. The number of hydrogen-bond donors (Lipinski definition) is 2. The summed E-state index contributed by atoms with van der Waals surface area (Å²) in [5, 5.41) is 10.4. The van der Waals surface area contributed by atoms with Crippen LogP contribution in [0.25, 0.3) is 0 Å². The number of fused-ring (bicyclic) bond motifs is 1. The van der Waals surface area contributed by atoms with Crippen molar-refractivity contribution in [3.05, 3.63) is 23.8 Å². The highest BCUT2D eigenvalue weighted by atomic mass is 19.2. The molecule has 0 aliphatic carbocycles. The van der Waals surface area contributed by atoms with Crippen molar-refractivity contribution >= 4 is 17.7 Å². The van der Waals surface area contributed by atoms with Gasteiger partial charge < -0.3 is 20.1 Å². The number of benzene rings is 1. The number of rotatable bonds is 2. The molecule has 1 aromatic carbocycles. The van der Waals surface area contributed by atoms with Gasteiger partial charge in [-0.25, -0.2) is 13.6 Å². The Labute approximate surface area is 112 Å². The Morgan fingerprint density at radius 1 is 1.35 bits per heavy atom. The minimum absolute atomic E-state index is 0.0603. The molecule has 1 aromatic rings. The van der Waals surface area contributed by atoms with Gasteiger partial charge in [-0.2, -0.15) is 0 Å². The topological polar surface area (TPSA) is 78.9 Å². The van der Waals surface area contributed by atoms with Crippen molar-refractivity contribution in [2.75, 3.05) is 24.6 Å². The lowest BCUT2D eigenvalue weighted by Gasteiger charge is -2.21. The smallest absolute Gasteiger partial charge is 0.405 e. The van der Waals surface area contributed by atoms with Gasteiger partial charge in [0.1, 0.15) is 12.3 Å². The molecule has 0 atom stereocenters. The maximum Gasteiger partial charge on any atom is 0.405 e. The quantitative estimate of drug-likeness (QED) is 0.860. The molecule has 2 N–H and O–H groups in total. The van der Waals surface area contributed by atoms with E-state index in [2.05, 4.69) is 0 Å². The van der Waals surface area contributed by atoms with Gasteiger partial charge in [-0.05, 0) is 6.42 Å². The van der Waals surface area contributed by atoms with Gasteiger partial charge >= 0.3 is 6.09 Å². The zero-order chi connectivity index (χ0) is 14.7. The number of nitrogens with zero attached hydrogens (tertiary/aromatic N) is 1. The summed E-state index contributed by atoms with van der Waals surface area (Å²) in [5.41, 5.74) is 0.0959. The minimum Gasteiger partial charge on any atom is -0.491 e. The average Bonchev–Trinajstić information content (AvgIpc) is 2.59. The molecule has 6 nitrogen and oxygen atoms in total.